The van der Waals surface area contributed by atoms with Crippen LogP contribution in [0.1, 0.15) is 70.3 Å². The summed E-state index contributed by atoms with van der Waals surface area (Å²) in [4.78, 5) is 31.2. The van der Waals surface area contributed by atoms with Crippen molar-refractivity contribution in [2.75, 3.05) is 19.7 Å². The van der Waals surface area contributed by atoms with Crippen LogP contribution < -0.4 is 4.74 Å². The van der Waals surface area contributed by atoms with Crippen LogP contribution in [0, 0.1) is 0 Å². The fourth-order valence-electron chi connectivity index (χ4n) is 3.80. The van der Waals surface area contributed by atoms with Crippen LogP contribution in [0.25, 0.3) is 11.3 Å². The lowest BCUT2D eigenvalue weighted by Crippen LogP contribution is -2.35. The molecule has 3 aromatic rings. The molecule has 4 rings (SSSR count). The molecule has 2 heterocycles. The van der Waals surface area contributed by atoms with Gasteiger partial charge in [-0.2, -0.15) is 0 Å². The normalized spacial score (nSPS) is 15.0. The van der Waals surface area contributed by atoms with Gasteiger partial charge < -0.3 is 23.5 Å². The number of carbonyl (C=O) groups excluding carboxylic acids is 2. The van der Waals surface area contributed by atoms with E-state index in [-0.39, 0.29) is 24.3 Å². The number of rotatable bonds is 6. The number of oxazole rings is 1. The van der Waals surface area contributed by atoms with Crippen molar-refractivity contribution in [2.45, 2.75) is 59.5 Å². The second kappa shape index (κ2) is 12.4. The number of esters is 1. The van der Waals surface area contributed by atoms with E-state index >= 15 is 0 Å². The maximum absolute atomic E-state index is 12.7. The van der Waals surface area contributed by atoms with E-state index < -0.39 is 11.6 Å². The Labute approximate surface area is 218 Å². The summed E-state index contributed by atoms with van der Waals surface area (Å²) in [6, 6.07) is 16.7. The molecule has 8 heteroatoms. The summed E-state index contributed by atoms with van der Waals surface area (Å²) < 4.78 is 22.7. The maximum atomic E-state index is 12.7. The van der Waals surface area contributed by atoms with Crippen molar-refractivity contribution in [1.29, 1.82) is 0 Å². The fourth-order valence-corrected chi connectivity index (χ4v) is 3.80. The molecule has 1 aromatic heterocycles. The van der Waals surface area contributed by atoms with Gasteiger partial charge in [-0.15, -0.1) is 0 Å². The number of hydrogen-bond donors (Lipinski definition) is 0. The molecule has 37 heavy (non-hydrogen) atoms. The average Bonchev–Trinajstić information content (AvgIpc) is 3.54. The summed E-state index contributed by atoms with van der Waals surface area (Å²) in [6.45, 7) is 12.4. The molecule has 1 amide bonds. The zero-order valence-electron chi connectivity index (χ0n) is 22.4. The van der Waals surface area contributed by atoms with Crippen molar-refractivity contribution < 1.29 is 28.2 Å². The van der Waals surface area contributed by atoms with Gasteiger partial charge in [0, 0.05) is 18.7 Å². The molecule has 0 spiro atoms. The molecular weight excluding hydrogens is 472 g/mol. The van der Waals surface area contributed by atoms with E-state index in [1.807, 2.05) is 77.1 Å². The van der Waals surface area contributed by atoms with Gasteiger partial charge in [0.05, 0.1) is 12.5 Å². The van der Waals surface area contributed by atoms with Crippen molar-refractivity contribution >= 4 is 12.1 Å². The second-order valence-corrected chi connectivity index (χ2v) is 9.30. The predicted molar refractivity (Wildman–Crippen MR) is 141 cm³/mol. The standard InChI is InChI=1S/C27H30N2O6.C2H6/c1-5-32-25(30)22-23(18-11-13-21(14-12-18)33-20-9-7-6-8-10-20)34-24(28-22)19-15-16-29(17-19)26(31)35-27(2,3)4;1-2/h6-14,19H,5,15-17H2,1-4H3;1-2H3. The number of carbonyl (C=O) groups is 2. The van der Waals surface area contributed by atoms with Crippen LogP contribution in [-0.4, -0.2) is 47.2 Å². The second-order valence-electron chi connectivity index (χ2n) is 9.30. The van der Waals surface area contributed by atoms with Crippen LogP contribution in [0.5, 0.6) is 11.5 Å². The lowest BCUT2D eigenvalue weighted by atomic mass is 10.1. The van der Waals surface area contributed by atoms with E-state index in [1.165, 1.54) is 0 Å². The highest BCUT2D eigenvalue weighted by Crippen LogP contribution is 2.34. The van der Waals surface area contributed by atoms with Gasteiger partial charge in [0.2, 0.25) is 5.89 Å². The van der Waals surface area contributed by atoms with Gasteiger partial charge in [-0.1, -0.05) is 32.0 Å². The fraction of sp³-hybridized carbons (Fsp3) is 0.414. The van der Waals surface area contributed by atoms with Gasteiger partial charge >= 0.3 is 12.1 Å². The van der Waals surface area contributed by atoms with Crippen molar-refractivity contribution in [1.82, 2.24) is 9.88 Å². The highest BCUT2D eigenvalue weighted by Gasteiger charge is 2.35. The topological polar surface area (TPSA) is 91.1 Å². The molecular formula is C29H36N2O6. The monoisotopic (exact) mass is 508 g/mol. The third-order valence-electron chi connectivity index (χ3n) is 5.40. The van der Waals surface area contributed by atoms with E-state index in [0.29, 0.717) is 42.5 Å². The van der Waals surface area contributed by atoms with Gasteiger partial charge in [-0.3, -0.25) is 0 Å². The Balaban J connectivity index is 0.00000186. The minimum absolute atomic E-state index is 0.120. The van der Waals surface area contributed by atoms with E-state index in [0.717, 1.165) is 5.75 Å². The predicted octanol–water partition coefficient (Wildman–Crippen LogP) is 7.06. The molecule has 0 N–H and O–H groups in total. The highest BCUT2D eigenvalue weighted by atomic mass is 16.6. The Morgan fingerprint density at radius 3 is 2.30 bits per heavy atom. The van der Waals surface area contributed by atoms with E-state index in [1.54, 1.807) is 24.0 Å². The zero-order valence-corrected chi connectivity index (χ0v) is 22.4. The van der Waals surface area contributed by atoms with Crippen LogP contribution >= 0.6 is 0 Å². The largest absolute Gasteiger partial charge is 0.461 e. The van der Waals surface area contributed by atoms with Gasteiger partial charge in [0.15, 0.2) is 11.5 Å². The molecule has 1 aliphatic rings. The molecule has 1 aliphatic heterocycles. The minimum atomic E-state index is -0.571. The van der Waals surface area contributed by atoms with Crippen molar-refractivity contribution in [3.63, 3.8) is 0 Å². The third kappa shape index (κ3) is 7.35. The molecule has 1 fully saturated rings. The molecule has 1 unspecified atom stereocenters. The Hall–Kier alpha value is -3.81. The van der Waals surface area contributed by atoms with Crippen molar-refractivity contribution in [2.24, 2.45) is 0 Å². The van der Waals surface area contributed by atoms with Crippen molar-refractivity contribution in [3.8, 4) is 22.8 Å². The summed E-state index contributed by atoms with van der Waals surface area (Å²) in [5.74, 6) is 1.42. The molecule has 198 valence electrons. The number of hydrogen-bond acceptors (Lipinski definition) is 7. The Kier molecular flexibility index (Phi) is 9.33. The van der Waals surface area contributed by atoms with Crippen LogP contribution in [0.15, 0.2) is 59.0 Å². The number of para-hydroxylation sites is 1. The highest BCUT2D eigenvalue weighted by molar-refractivity contribution is 5.93. The average molecular weight is 509 g/mol. The van der Waals surface area contributed by atoms with Gasteiger partial charge in [0.1, 0.15) is 17.1 Å². The number of benzene rings is 2. The first kappa shape index (κ1) is 27.8. The molecule has 1 atom stereocenters. The molecule has 2 aromatic carbocycles. The lowest BCUT2D eigenvalue weighted by Gasteiger charge is -2.24. The number of nitrogens with zero attached hydrogens (tertiary/aromatic N) is 2. The molecule has 0 radical (unpaired) electrons. The van der Waals surface area contributed by atoms with E-state index in [9.17, 15) is 9.59 Å². The quantitative estimate of drug-likeness (QED) is 0.329. The summed E-state index contributed by atoms with van der Waals surface area (Å²) in [6.07, 6.45) is 0.289. The Morgan fingerprint density at radius 2 is 1.68 bits per heavy atom. The number of likely N-dealkylation sites (tertiary alicyclic amines) is 1. The van der Waals surface area contributed by atoms with Gasteiger partial charge in [0.25, 0.3) is 0 Å². The number of ether oxygens (including phenoxy) is 3. The summed E-state index contributed by atoms with van der Waals surface area (Å²) in [7, 11) is 0. The van der Waals surface area contributed by atoms with Gasteiger partial charge in [-0.25, -0.2) is 14.6 Å². The molecule has 1 saturated heterocycles. The van der Waals surface area contributed by atoms with Crippen LogP contribution in [-0.2, 0) is 9.47 Å². The van der Waals surface area contributed by atoms with E-state index in [4.69, 9.17) is 18.6 Å². The molecule has 0 aliphatic carbocycles. The van der Waals surface area contributed by atoms with Crippen LogP contribution in [0.4, 0.5) is 4.79 Å². The SMILES string of the molecule is CC.CCOC(=O)c1nc(C2CCN(C(=O)OC(C)(C)C)C2)oc1-c1ccc(Oc2ccccc2)cc1. The molecule has 8 nitrogen and oxygen atoms in total. The summed E-state index contributed by atoms with van der Waals surface area (Å²) >= 11 is 0. The first-order valence-electron chi connectivity index (χ1n) is 12.7. The smallest absolute Gasteiger partial charge is 0.410 e. The first-order chi connectivity index (χ1) is 17.7. The third-order valence-corrected chi connectivity index (χ3v) is 5.40. The Morgan fingerprint density at radius 1 is 1.03 bits per heavy atom. The lowest BCUT2D eigenvalue weighted by molar-refractivity contribution is 0.0291. The Bertz CT molecular complexity index is 1170. The summed E-state index contributed by atoms with van der Waals surface area (Å²) in [5, 5.41) is 0. The van der Waals surface area contributed by atoms with Crippen LogP contribution in [0.3, 0.4) is 0 Å². The minimum Gasteiger partial charge on any atom is -0.461 e. The van der Waals surface area contributed by atoms with Crippen LogP contribution in [0.2, 0.25) is 0 Å². The molecule has 0 bridgehead atoms. The summed E-state index contributed by atoms with van der Waals surface area (Å²) in [5.41, 5.74) is 0.224. The van der Waals surface area contributed by atoms with Crippen molar-refractivity contribution in [3.05, 3.63) is 66.2 Å². The molecule has 0 saturated carbocycles. The number of aromatic nitrogens is 1. The number of amides is 1. The zero-order chi connectivity index (χ0) is 27.0. The van der Waals surface area contributed by atoms with Gasteiger partial charge in [-0.05, 0) is 70.5 Å². The first-order valence-corrected chi connectivity index (χ1v) is 12.7. The maximum Gasteiger partial charge on any atom is 0.410 e. The van der Waals surface area contributed by atoms with E-state index in [2.05, 4.69) is 4.98 Å².